The zero-order chi connectivity index (χ0) is 20.6. The van der Waals surface area contributed by atoms with Crippen molar-refractivity contribution >= 4 is 20.7 Å². The molecule has 1 saturated heterocycles. The number of hydrogen-bond acceptors (Lipinski definition) is 5. The molecule has 0 bridgehead atoms. The SMILES string of the molecule is O=S(=O)(Cc1cccc(C2CCN(Cc3c[nH]c4ccccc34)C2)c1)c1ccno1. The molecule has 0 spiro atoms. The van der Waals surface area contributed by atoms with Crippen molar-refractivity contribution in [2.45, 2.75) is 29.7 Å². The number of rotatable bonds is 6. The van der Waals surface area contributed by atoms with Gasteiger partial charge in [-0.15, -0.1) is 0 Å². The van der Waals surface area contributed by atoms with Gasteiger partial charge in [0, 0.05) is 36.3 Å². The van der Waals surface area contributed by atoms with E-state index in [0.717, 1.165) is 31.6 Å². The minimum absolute atomic E-state index is 0.0815. The Balaban J connectivity index is 1.28. The van der Waals surface area contributed by atoms with Gasteiger partial charge >= 0.3 is 0 Å². The first-order chi connectivity index (χ1) is 14.6. The van der Waals surface area contributed by atoms with Gasteiger partial charge in [0.2, 0.25) is 9.84 Å². The molecule has 0 saturated carbocycles. The predicted molar refractivity (Wildman–Crippen MR) is 115 cm³/mol. The number of likely N-dealkylation sites (tertiary alicyclic amines) is 1. The number of H-pyrrole nitrogens is 1. The molecule has 1 aliphatic rings. The quantitative estimate of drug-likeness (QED) is 0.507. The molecule has 1 atom stereocenters. The van der Waals surface area contributed by atoms with Crippen molar-refractivity contribution in [3.8, 4) is 0 Å². The topological polar surface area (TPSA) is 79.2 Å². The van der Waals surface area contributed by atoms with Crippen molar-refractivity contribution in [1.82, 2.24) is 15.0 Å². The van der Waals surface area contributed by atoms with Crippen molar-refractivity contribution in [1.29, 1.82) is 0 Å². The van der Waals surface area contributed by atoms with Gasteiger partial charge in [-0.3, -0.25) is 4.90 Å². The molecule has 0 amide bonds. The van der Waals surface area contributed by atoms with Gasteiger partial charge < -0.3 is 9.51 Å². The second kappa shape index (κ2) is 7.74. The Morgan fingerprint density at radius 2 is 2.03 bits per heavy atom. The number of nitrogens with zero attached hydrogens (tertiary/aromatic N) is 2. The van der Waals surface area contributed by atoms with Crippen LogP contribution in [-0.2, 0) is 22.1 Å². The average molecular weight is 422 g/mol. The number of fused-ring (bicyclic) bond motifs is 1. The monoisotopic (exact) mass is 421 g/mol. The third-order valence-corrected chi connectivity index (χ3v) is 7.38. The number of aromatic amines is 1. The van der Waals surface area contributed by atoms with E-state index in [4.69, 9.17) is 4.52 Å². The lowest BCUT2D eigenvalue weighted by Crippen LogP contribution is -2.19. The van der Waals surface area contributed by atoms with Crippen molar-refractivity contribution < 1.29 is 12.9 Å². The van der Waals surface area contributed by atoms with E-state index in [1.54, 1.807) is 0 Å². The number of aromatic nitrogens is 2. The third-order valence-electron chi connectivity index (χ3n) is 5.84. The Morgan fingerprint density at radius 1 is 1.13 bits per heavy atom. The Kier molecular flexibility index (Phi) is 4.92. The summed E-state index contributed by atoms with van der Waals surface area (Å²) < 4.78 is 29.8. The average Bonchev–Trinajstić information content (AvgIpc) is 3.50. The molecule has 1 N–H and O–H groups in total. The van der Waals surface area contributed by atoms with Gasteiger partial charge in [0.05, 0.1) is 11.9 Å². The Labute approximate surface area is 175 Å². The van der Waals surface area contributed by atoms with Crippen LogP contribution in [0, 0.1) is 0 Å². The Bertz CT molecular complexity index is 1260. The predicted octanol–water partition coefficient (Wildman–Crippen LogP) is 4.12. The summed E-state index contributed by atoms with van der Waals surface area (Å²) >= 11 is 0. The van der Waals surface area contributed by atoms with Crippen molar-refractivity contribution in [3.63, 3.8) is 0 Å². The lowest BCUT2D eigenvalue weighted by Gasteiger charge is -2.16. The van der Waals surface area contributed by atoms with Gasteiger partial charge in [-0.2, -0.15) is 0 Å². The maximum Gasteiger partial charge on any atom is 0.250 e. The van der Waals surface area contributed by atoms with E-state index in [2.05, 4.69) is 45.5 Å². The van der Waals surface area contributed by atoms with Crippen LogP contribution in [0.4, 0.5) is 0 Å². The number of nitrogens with one attached hydrogen (secondary N) is 1. The van der Waals surface area contributed by atoms with Crippen LogP contribution in [-0.4, -0.2) is 36.5 Å². The molecule has 30 heavy (non-hydrogen) atoms. The van der Waals surface area contributed by atoms with E-state index in [1.165, 1.54) is 34.3 Å². The van der Waals surface area contributed by atoms with E-state index in [9.17, 15) is 8.42 Å². The fourth-order valence-electron chi connectivity index (χ4n) is 4.34. The lowest BCUT2D eigenvalue weighted by molar-refractivity contribution is 0.328. The van der Waals surface area contributed by atoms with Gasteiger partial charge in [-0.05, 0) is 41.6 Å². The normalized spacial score (nSPS) is 17.7. The van der Waals surface area contributed by atoms with Gasteiger partial charge in [0.25, 0.3) is 5.09 Å². The zero-order valence-corrected chi connectivity index (χ0v) is 17.3. The molecule has 6 nitrogen and oxygen atoms in total. The second-order valence-electron chi connectivity index (χ2n) is 7.92. The molecule has 1 fully saturated rings. The van der Waals surface area contributed by atoms with Crippen LogP contribution in [0.2, 0.25) is 0 Å². The fourth-order valence-corrected chi connectivity index (χ4v) is 5.53. The summed E-state index contributed by atoms with van der Waals surface area (Å²) in [6.07, 6.45) is 4.53. The van der Waals surface area contributed by atoms with E-state index in [-0.39, 0.29) is 10.8 Å². The van der Waals surface area contributed by atoms with Crippen LogP contribution >= 0.6 is 0 Å². The summed E-state index contributed by atoms with van der Waals surface area (Å²) in [5, 5.41) is 4.70. The van der Waals surface area contributed by atoms with Gasteiger partial charge in [0.1, 0.15) is 0 Å². The summed E-state index contributed by atoms with van der Waals surface area (Å²) in [5.74, 6) is 0.324. The molecule has 2 aromatic heterocycles. The van der Waals surface area contributed by atoms with Crippen LogP contribution in [0.1, 0.15) is 29.0 Å². The highest BCUT2D eigenvalue weighted by Gasteiger charge is 2.25. The maximum atomic E-state index is 12.5. The van der Waals surface area contributed by atoms with E-state index in [0.29, 0.717) is 5.92 Å². The fraction of sp³-hybridized carbons (Fsp3) is 0.261. The summed E-state index contributed by atoms with van der Waals surface area (Å²) in [5.41, 5.74) is 4.46. The number of benzene rings is 2. The third kappa shape index (κ3) is 3.78. The molecule has 3 heterocycles. The first-order valence-corrected chi connectivity index (χ1v) is 11.7. The number of sulfone groups is 1. The molecule has 1 unspecified atom stereocenters. The molecule has 2 aromatic carbocycles. The lowest BCUT2D eigenvalue weighted by atomic mass is 9.97. The molecule has 1 aliphatic heterocycles. The summed E-state index contributed by atoms with van der Waals surface area (Å²) in [4.78, 5) is 5.82. The van der Waals surface area contributed by atoms with E-state index < -0.39 is 9.84 Å². The summed E-state index contributed by atoms with van der Waals surface area (Å²) in [6.45, 7) is 2.92. The summed E-state index contributed by atoms with van der Waals surface area (Å²) in [7, 11) is -3.52. The minimum atomic E-state index is -3.52. The first-order valence-electron chi connectivity index (χ1n) is 10.1. The molecule has 4 aromatic rings. The van der Waals surface area contributed by atoms with Crippen LogP contribution in [0.3, 0.4) is 0 Å². The maximum absolute atomic E-state index is 12.5. The molecule has 0 radical (unpaired) electrons. The molecule has 5 rings (SSSR count). The Hall–Kier alpha value is -2.90. The van der Waals surface area contributed by atoms with E-state index in [1.807, 2.05) is 24.3 Å². The smallest absolute Gasteiger partial charge is 0.250 e. The highest BCUT2D eigenvalue weighted by molar-refractivity contribution is 7.90. The first kappa shape index (κ1) is 19.1. The van der Waals surface area contributed by atoms with Gasteiger partial charge in [-0.1, -0.05) is 47.6 Å². The number of para-hydroxylation sites is 1. The number of hydrogen-bond donors (Lipinski definition) is 1. The van der Waals surface area contributed by atoms with Gasteiger partial charge in [0.15, 0.2) is 0 Å². The van der Waals surface area contributed by atoms with Crippen LogP contribution in [0.25, 0.3) is 10.9 Å². The van der Waals surface area contributed by atoms with Crippen molar-refractivity contribution in [2.24, 2.45) is 0 Å². The molecular formula is C23H23N3O3S. The van der Waals surface area contributed by atoms with E-state index >= 15 is 0 Å². The standard InChI is InChI=1S/C23H23N3O3S/c27-30(28,23-8-10-25-29-23)16-17-4-3-5-18(12-17)19-9-11-26(14-19)15-20-13-24-22-7-2-1-6-21(20)22/h1-8,10,12-13,19,24H,9,11,14-16H2. The minimum Gasteiger partial charge on any atom is -0.361 e. The molecular weight excluding hydrogens is 398 g/mol. The highest BCUT2D eigenvalue weighted by atomic mass is 32.2. The van der Waals surface area contributed by atoms with Crippen LogP contribution < -0.4 is 0 Å². The molecule has 7 heteroatoms. The zero-order valence-electron chi connectivity index (χ0n) is 16.5. The summed E-state index contributed by atoms with van der Waals surface area (Å²) in [6, 6.07) is 17.7. The van der Waals surface area contributed by atoms with Gasteiger partial charge in [-0.25, -0.2) is 8.42 Å². The molecule has 0 aliphatic carbocycles. The van der Waals surface area contributed by atoms with Crippen LogP contribution in [0.15, 0.2) is 76.6 Å². The molecule has 154 valence electrons. The second-order valence-corrected chi connectivity index (χ2v) is 9.84. The Morgan fingerprint density at radius 3 is 2.90 bits per heavy atom. The highest BCUT2D eigenvalue weighted by Crippen LogP contribution is 2.30. The largest absolute Gasteiger partial charge is 0.361 e. The van der Waals surface area contributed by atoms with Crippen LogP contribution in [0.5, 0.6) is 0 Å². The van der Waals surface area contributed by atoms with Crippen molar-refractivity contribution in [2.75, 3.05) is 13.1 Å². The van der Waals surface area contributed by atoms with Crippen molar-refractivity contribution in [3.05, 3.63) is 83.7 Å².